The van der Waals surface area contributed by atoms with E-state index in [0.717, 1.165) is 16.7 Å². The molecule has 2 rings (SSSR count). The number of hydrogen-bond donors (Lipinski definition) is 1. The summed E-state index contributed by atoms with van der Waals surface area (Å²) in [4.78, 5) is 11.3. The van der Waals surface area contributed by atoms with Crippen LogP contribution in [0.25, 0.3) is 5.57 Å². The van der Waals surface area contributed by atoms with Crippen LogP contribution in [0.15, 0.2) is 30.8 Å². The fourth-order valence-corrected chi connectivity index (χ4v) is 1.37. The van der Waals surface area contributed by atoms with Gasteiger partial charge in [-0.25, -0.2) is 0 Å². The Morgan fingerprint density at radius 3 is 2.58 bits per heavy atom. The summed E-state index contributed by atoms with van der Waals surface area (Å²) in [6.45, 7) is 4.44. The molecule has 1 heterocycles. The fraction of sp³-hybridized carbons (Fsp3) is 0.100. The predicted octanol–water partition coefficient (Wildman–Crippen LogP) is 1.44. The maximum atomic E-state index is 11.3. The lowest BCUT2D eigenvalue weighted by atomic mass is 9.97. The van der Waals surface area contributed by atoms with Crippen LogP contribution in [0.3, 0.4) is 0 Å². The topological polar surface area (TPSA) is 29.1 Å². The first kappa shape index (κ1) is 7.10. The molecule has 2 nitrogen and oxygen atoms in total. The van der Waals surface area contributed by atoms with Gasteiger partial charge in [0.1, 0.15) is 0 Å². The summed E-state index contributed by atoms with van der Waals surface area (Å²) >= 11 is 0. The second kappa shape index (κ2) is 2.48. The van der Waals surface area contributed by atoms with Gasteiger partial charge < -0.3 is 5.32 Å². The minimum absolute atomic E-state index is 0.00185. The molecule has 1 aromatic rings. The third-order valence-electron chi connectivity index (χ3n) is 2.01. The van der Waals surface area contributed by atoms with Crippen LogP contribution in [0.1, 0.15) is 15.9 Å². The van der Waals surface area contributed by atoms with E-state index in [0.29, 0.717) is 6.54 Å². The highest BCUT2D eigenvalue weighted by atomic mass is 16.1. The molecule has 12 heavy (non-hydrogen) atoms. The molecular formula is C10H9NO. The zero-order chi connectivity index (χ0) is 8.55. The van der Waals surface area contributed by atoms with Gasteiger partial charge in [0, 0.05) is 12.1 Å². The molecule has 0 radical (unpaired) electrons. The van der Waals surface area contributed by atoms with Gasteiger partial charge in [-0.15, -0.1) is 0 Å². The summed E-state index contributed by atoms with van der Waals surface area (Å²) in [5.74, 6) is -0.00185. The van der Waals surface area contributed by atoms with Gasteiger partial charge in [-0.1, -0.05) is 24.8 Å². The lowest BCUT2D eigenvalue weighted by Gasteiger charge is -2.17. The maximum absolute atomic E-state index is 11.3. The molecule has 0 saturated carbocycles. The Morgan fingerprint density at radius 2 is 1.92 bits per heavy atom. The molecule has 0 spiro atoms. The standard InChI is InChI=1S/C10H9NO/c1-7-6-11-10(12)9-5-3-2-4-8(7)9/h2-5H,1,6H2,(H,11,12). The van der Waals surface area contributed by atoms with E-state index in [1.54, 1.807) is 0 Å². The summed E-state index contributed by atoms with van der Waals surface area (Å²) in [6, 6.07) is 7.52. The highest BCUT2D eigenvalue weighted by Gasteiger charge is 2.17. The van der Waals surface area contributed by atoms with Gasteiger partial charge in [0.15, 0.2) is 0 Å². The average molecular weight is 159 g/mol. The number of nitrogens with one attached hydrogen (secondary N) is 1. The Hall–Kier alpha value is -1.57. The molecule has 0 atom stereocenters. The van der Waals surface area contributed by atoms with Gasteiger partial charge in [-0.2, -0.15) is 0 Å². The van der Waals surface area contributed by atoms with E-state index >= 15 is 0 Å². The van der Waals surface area contributed by atoms with Crippen molar-refractivity contribution < 1.29 is 4.79 Å². The third-order valence-corrected chi connectivity index (χ3v) is 2.01. The Balaban J connectivity index is 2.62. The average Bonchev–Trinajstić information content (AvgIpc) is 2.12. The van der Waals surface area contributed by atoms with E-state index in [1.165, 1.54) is 0 Å². The second-order valence-corrected chi connectivity index (χ2v) is 2.83. The maximum Gasteiger partial charge on any atom is 0.252 e. The Morgan fingerprint density at radius 1 is 1.25 bits per heavy atom. The van der Waals surface area contributed by atoms with Crippen molar-refractivity contribution >= 4 is 11.5 Å². The number of carbonyl (C=O) groups excluding carboxylic acids is 1. The van der Waals surface area contributed by atoms with Crippen molar-refractivity contribution in [2.24, 2.45) is 0 Å². The SMILES string of the molecule is C=C1CNC(=O)c2ccccc21. The van der Waals surface area contributed by atoms with Crippen molar-refractivity contribution in [1.82, 2.24) is 5.32 Å². The molecule has 1 aliphatic heterocycles. The van der Waals surface area contributed by atoms with Crippen LogP contribution in [-0.4, -0.2) is 12.5 Å². The summed E-state index contributed by atoms with van der Waals surface area (Å²) < 4.78 is 0. The summed E-state index contributed by atoms with van der Waals surface area (Å²) in [5.41, 5.74) is 2.68. The number of rotatable bonds is 0. The molecule has 0 unspecified atom stereocenters. The van der Waals surface area contributed by atoms with Gasteiger partial charge in [0.05, 0.1) is 0 Å². The largest absolute Gasteiger partial charge is 0.348 e. The van der Waals surface area contributed by atoms with E-state index in [9.17, 15) is 4.79 Å². The number of benzene rings is 1. The van der Waals surface area contributed by atoms with Crippen LogP contribution in [0.5, 0.6) is 0 Å². The Kier molecular flexibility index (Phi) is 1.47. The Bertz CT molecular complexity index is 320. The van der Waals surface area contributed by atoms with Crippen molar-refractivity contribution in [2.75, 3.05) is 6.54 Å². The first-order chi connectivity index (χ1) is 5.79. The molecule has 1 aromatic carbocycles. The van der Waals surface area contributed by atoms with Crippen molar-refractivity contribution in [1.29, 1.82) is 0 Å². The summed E-state index contributed by atoms with van der Waals surface area (Å²) in [7, 11) is 0. The van der Waals surface area contributed by atoms with Crippen molar-refractivity contribution in [3.63, 3.8) is 0 Å². The third kappa shape index (κ3) is 0.925. The smallest absolute Gasteiger partial charge is 0.252 e. The van der Waals surface area contributed by atoms with Crippen LogP contribution in [0, 0.1) is 0 Å². The zero-order valence-corrected chi connectivity index (χ0v) is 6.63. The fourth-order valence-electron chi connectivity index (χ4n) is 1.37. The van der Waals surface area contributed by atoms with Crippen LogP contribution in [-0.2, 0) is 0 Å². The van der Waals surface area contributed by atoms with Gasteiger partial charge in [0.2, 0.25) is 0 Å². The second-order valence-electron chi connectivity index (χ2n) is 2.83. The zero-order valence-electron chi connectivity index (χ0n) is 6.63. The summed E-state index contributed by atoms with van der Waals surface area (Å²) in [5, 5.41) is 2.75. The van der Waals surface area contributed by atoms with Gasteiger partial charge >= 0.3 is 0 Å². The molecule has 60 valence electrons. The highest BCUT2D eigenvalue weighted by molar-refractivity contribution is 6.02. The van der Waals surface area contributed by atoms with Crippen LogP contribution >= 0.6 is 0 Å². The lowest BCUT2D eigenvalue weighted by Crippen LogP contribution is -2.30. The normalized spacial score (nSPS) is 15.3. The molecule has 1 N–H and O–H groups in total. The van der Waals surface area contributed by atoms with E-state index < -0.39 is 0 Å². The van der Waals surface area contributed by atoms with Crippen molar-refractivity contribution in [2.45, 2.75) is 0 Å². The van der Waals surface area contributed by atoms with Gasteiger partial charge in [-0.05, 0) is 17.2 Å². The molecule has 1 amide bonds. The highest BCUT2D eigenvalue weighted by Crippen LogP contribution is 2.20. The van der Waals surface area contributed by atoms with E-state index in [4.69, 9.17) is 0 Å². The number of fused-ring (bicyclic) bond motifs is 1. The monoisotopic (exact) mass is 159 g/mol. The molecule has 1 aliphatic rings. The number of carbonyl (C=O) groups is 1. The summed E-state index contributed by atoms with van der Waals surface area (Å²) in [6.07, 6.45) is 0. The predicted molar refractivity (Wildman–Crippen MR) is 47.8 cm³/mol. The van der Waals surface area contributed by atoms with Gasteiger partial charge in [-0.3, -0.25) is 4.79 Å². The molecule has 0 bridgehead atoms. The van der Waals surface area contributed by atoms with Crippen LogP contribution in [0.2, 0.25) is 0 Å². The minimum atomic E-state index is -0.00185. The molecule has 0 aromatic heterocycles. The lowest BCUT2D eigenvalue weighted by molar-refractivity contribution is 0.0955. The first-order valence-electron chi connectivity index (χ1n) is 3.84. The van der Waals surface area contributed by atoms with E-state index in [2.05, 4.69) is 11.9 Å². The minimum Gasteiger partial charge on any atom is -0.348 e. The van der Waals surface area contributed by atoms with Gasteiger partial charge in [0.25, 0.3) is 5.91 Å². The number of hydrogen-bond acceptors (Lipinski definition) is 1. The van der Waals surface area contributed by atoms with Crippen LogP contribution < -0.4 is 5.32 Å². The van der Waals surface area contributed by atoms with Crippen LogP contribution in [0.4, 0.5) is 0 Å². The molecule has 2 heteroatoms. The van der Waals surface area contributed by atoms with E-state index in [-0.39, 0.29) is 5.91 Å². The van der Waals surface area contributed by atoms with E-state index in [1.807, 2.05) is 24.3 Å². The quantitative estimate of drug-likeness (QED) is 0.609. The first-order valence-corrected chi connectivity index (χ1v) is 3.84. The molecular weight excluding hydrogens is 150 g/mol. The molecule has 0 saturated heterocycles. The molecule has 0 aliphatic carbocycles. The van der Waals surface area contributed by atoms with Crippen molar-refractivity contribution in [3.8, 4) is 0 Å². The molecule has 0 fully saturated rings. The Labute approximate surface area is 70.9 Å². The number of amides is 1. The van der Waals surface area contributed by atoms with Crippen molar-refractivity contribution in [3.05, 3.63) is 42.0 Å².